The minimum atomic E-state index is 0.00831. The summed E-state index contributed by atoms with van der Waals surface area (Å²) in [5, 5.41) is 6.58. The zero-order valence-corrected chi connectivity index (χ0v) is 15.5. The van der Waals surface area contributed by atoms with Crippen molar-refractivity contribution in [2.45, 2.75) is 26.5 Å². The number of hydrogen-bond acceptors (Lipinski definition) is 3. The van der Waals surface area contributed by atoms with E-state index in [4.69, 9.17) is 9.47 Å². The molecule has 2 aromatic rings. The predicted octanol–water partition coefficient (Wildman–Crippen LogP) is 2.56. The number of aromatic nitrogens is 1. The lowest BCUT2D eigenvalue weighted by Gasteiger charge is -2.17. The van der Waals surface area contributed by atoms with Crippen molar-refractivity contribution in [3.63, 3.8) is 0 Å². The van der Waals surface area contributed by atoms with Crippen molar-refractivity contribution in [2.75, 3.05) is 20.2 Å². The lowest BCUT2D eigenvalue weighted by atomic mass is 10.3. The number of methoxy groups -OCH3 is 1. The molecule has 0 bridgehead atoms. The molecule has 1 heterocycles. The van der Waals surface area contributed by atoms with Gasteiger partial charge in [-0.25, -0.2) is 4.99 Å². The van der Waals surface area contributed by atoms with Crippen LogP contribution in [0.25, 0.3) is 0 Å². The number of rotatable bonds is 8. The lowest BCUT2D eigenvalue weighted by Crippen LogP contribution is -2.41. The number of aryl methyl sites for hydroxylation is 1. The highest BCUT2D eigenvalue weighted by Crippen LogP contribution is 2.17. The van der Waals surface area contributed by atoms with E-state index in [0.29, 0.717) is 13.1 Å². The zero-order chi connectivity index (χ0) is 18.1. The summed E-state index contributed by atoms with van der Waals surface area (Å²) in [6.07, 6.45) is 4.10. The van der Waals surface area contributed by atoms with E-state index in [9.17, 15) is 0 Å². The number of hydrogen-bond donors (Lipinski definition) is 2. The summed E-state index contributed by atoms with van der Waals surface area (Å²) >= 11 is 0. The molecule has 1 atom stereocenters. The van der Waals surface area contributed by atoms with Gasteiger partial charge in [-0.2, -0.15) is 0 Å². The van der Waals surface area contributed by atoms with E-state index in [0.717, 1.165) is 24.0 Å². The van der Waals surface area contributed by atoms with Gasteiger partial charge in [0.15, 0.2) is 5.96 Å². The van der Waals surface area contributed by atoms with Crippen LogP contribution < -0.4 is 20.1 Å². The molecule has 0 saturated heterocycles. The number of benzene rings is 1. The molecule has 6 heteroatoms. The lowest BCUT2D eigenvalue weighted by molar-refractivity contribution is 0.223. The van der Waals surface area contributed by atoms with Gasteiger partial charge in [-0.3, -0.25) is 0 Å². The summed E-state index contributed by atoms with van der Waals surface area (Å²) in [6, 6.07) is 9.66. The topological polar surface area (TPSA) is 59.8 Å². The van der Waals surface area contributed by atoms with Gasteiger partial charge in [0.25, 0.3) is 0 Å². The molecule has 0 spiro atoms. The molecular weight excluding hydrogens is 316 g/mol. The maximum absolute atomic E-state index is 5.90. The summed E-state index contributed by atoms with van der Waals surface area (Å²) in [6.45, 7) is 6.19. The van der Waals surface area contributed by atoms with Crippen molar-refractivity contribution in [1.82, 2.24) is 15.2 Å². The van der Waals surface area contributed by atoms with Crippen LogP contribution in [0.15, 0.2) is 47.7 Å². The summed E-state index contributed by atoms with van der Waals surface area (Å²) in [7, 11) is 3.66. The monoisotopic (exact) mass is 344 g/mol. The smallest absolute Gasteiger partial charge is 0.191 e. The number of ether oxygens (including phenoxy) is 2. The Hall–Kier alpha value is -2.63. The number of nitrogens with one attached hydrogen (secondary N) is 2. The van der Waals surface area contributed by atoms with E-state index in [1.807, 2.05) is 49.0 Å². The van der Waals surface area contributed by atoms with Gasteiger partial charge in [0, 0.05) is 26.0 Å². The van der Waals surface area contributed by atoms with Crippen molar-refractivity contribution in [2.24, 2.45) is 12.0 Å². The van der Waals surface area contributed by atoms with E-state index < -0.39 is 0 Å². The van der Waals surface area contributed by atoms with E-state index in [2.05, 4.69) is 34.8 Å². The Kier molecular flexibility index (Phi) is 7.19. The molecule has 25 heavy (non-hydrogen) atoms. The highest BCUT2D eigenvalue weighted by molar-refractivity contribution is 5.79. The standard InChI is InChI=1S/C19H28N4O2/c1-5-20-19(22-13-16-10-11-23(3)14-16)21-12-15(2)25-18-8-6-17(24-4)7-9-18/h6-11,14-15H,5,12-13H2,1-4H3,(H2,20,21,22). The molecule has 0 saturated carbocycles. The van der Waals surface area contributed by atoms with Crippen LogP contribution in [0.3, 0.4) is 0 Å². The summed E-state index contributed by atoms with van der Waals surface area (Å²) in [4.78, 5) is 4.61. The summed E-state index contributed by atoms with van der Waals surface area (Å²) in [5.41, 5.74) is 1.18. The van der Waals surface area contributed by atoms with E-state index in [-0.39, 0.29) is 6.10 Å². The Labute approximate surface area is 149 Å². The molecule has 6 nitrogen and oxygen atoms in total. The molecule has 0 amide bonds. The first kappa shape index (κ1) is 18.7. The second-order valence-electron chi connectivity index (χ2n) is 5.87. The first-order valence-electron chi connectivity index (χ1n) is 8.54. The van der Waals surface area contributed by atoms with E-state index in [1.54, 1.807) is 7.11 Å². The molecule has 2 rings (SSSR count). The Morgan fingerprint density at radius 2 is 1.88 bits per heavy atom. The van der Waals surface area contributed by atoms with Crippen LogP contribution in [0.5, 0.6) is 11.5 Å². The van der Waals surface area contributed by atoms with Gasteiger partial charge in [-0.1, -0.05) is 0 Å². The van der Waals surface area contributed by atoms with Gasteiger partial charge in [0.1, 0.15) is 17.6 Å². The fraction of sp³-hybridized carbons (Fsp3) is 0.421. The van der Waals surface area contributed by atoms with Gasteiger partial charge in [0.05, 0.1) is 20.2 Å². The highest BCUT2D eigenvalue weighted by Gasteiger charge is 2.06. The summed E-state index contributed by atoms with van der Waals surface area (Å²) < 4.78 is 13.1. The maximum Gasteiger partial charge on any atom is 0.191 e. The number of nitrogens with zero attached hydrogens (tertiary/aromatic N) is 2. The summed E-state index contributed by atoms with van der Waals surface area (Å²) in [5.74, 6) is 2.43. The normalized spacial score (nSPS) is 12.6. The van der Waals surface area contributed by atoms with Gasteiger partial charge in [-0.15, -0.1) is 0 Å². The van der Waals surface area contributed by atoms with Gasteiger partial charge >= 0.3 is 0 Å². The molecule has 0 aliphatic rings. The quantitative estimate of drug-likeness (QED) is 0.571. The van der Waals surface area contributed by atoms with Crippen molar-refractivity contribution < 1.29 is 9.47 Å². The van der Waals surface area contributed by atoms with Crippen LogP contribution in [-0.4, -0.2) is 36.8 Å². The van der Waals surface area contributed by atoms with Crippen molar-refractivity contribution in [3.05, 3.63) is 48.3 Å². The largest absolute Gasteiger partial charge is 0.497 e. The van der Waals surface area contributed by atoms with E-state index >= 15 is 0 Å². The maximum atomic E-state index is 5.90. The third-order valence-corrected chi connectivity index (χ3v) is 3.61. The fourth-order valence-corrected chi connectivity index (χ4v) is 2.34. The molecule has 2 N–H and O–H groups in total. The molecule has 1 unspecified atom stereocenters. The molecule has 1 aromatic carbocycles. The minimum absolute atomic E-state index is 0.00831. The van der Waals surface area contributed by atoms with Crippen molar-refractivity contribution in [1.29, 1.82) is 0 Å². The van der Waals surface area contributed by atoms with Crippen LogP contribution in [0, 0.1) is 0 Å². The second-order valence-corrected chi connectivity index (χ2v) is 5.87. The van der Waals surface area contributed by atoms with Gasteiger partial charge < -0.3 is 24.7 Å². The van der Waals surface area contributed by atoms with Crippen LogP contribution >= 0.6 is 0 Å². The molecule has 1 aromatic heterocycles. The highest BCUT2D eigenvalue weighted by atomic mass is 16.5. The average molecular weight is 344 g/mol. The average Bonchev–Trinajstić information content (AvgIpc) is 3.03. The molecule has 0 aliphatic heterocycles. The fourth-order valence-electron chi connectivity index (χ4n) is 2.34. The Morgan fingerprint density at radius 1 is 1.16 bits per heavy atom. The predicted molar refractivity (Wildman–Crippen MR) is 101 cm³/mol. The Morgan fingerprint density at radius 3 is 2.48 bits per heavy atom. The first-order chi connectivity index (χ1) is 12.1. The van der Waals surface area contributed by atoms with Crippen molar-refractivity contribution >= 4 is 5.96 Å². The zero-order valence-electron chi connectivity index (χ0n) is 15.5. The third-order valence-electron chi connectivity index (χ3n) is 3.61. The van der Waals surface area contributed by atoms with Crippen LogP contribution in [0.2, 0.25) is 0 Å². The van der Waals surface area contributed by atoms with Gasteiger partial charge in [-0.05, 0) is 49.7 Å². The molecule has 136 valence electrons. The molecule has 0 fully saturated rings. The SMILES string of the molecule is CCNC(=NCc1ccn(C)c1)NCC(C)Oc1ccc(OC)cc1. The van der Waals surface area contributed by atoms with Crippen LogP contribution in [0.1, 0.15) is 19.4 Å². The third kappa shape index (κ3) is 6.41. The number of guanidine groups is 1. The van der Waals surface area contributed by atoms with Crippen LogP contribution in [0.4, 0.5) is 0 Å². The van der Waals surface area contributed by atoms with Gasteiger partial charge in [0.2, 0.25) is 0 Å². The Balaban J connectivity index is 1.84. The molecular formula is C19H28N4O2. The van der Waals surface area contributed by atoms with Crippen LogP contribution in [-0.2, 0) is 13.6 Å². The minimum Gasteiger partial charge on any atom is -0.497 e. The van der Waals surface area contributed by atoms with Crippen molar-refractivity contribution in [3.8, 4) is 11.5 Å². The first-order valence-corrected chi connectivity index (χ1v) is 8.54. The molecule has 0 radical (unpaired) electrons. The second kappa shape index (κ2) is 9.61. The van der Waals surface area contributed by atoms with E-state index in [1.165, 1.54) is 5.56 Å². The molecule has 0 aliphatic carbocycles. The Bertz CT molecular complexity index is 664. The number of aliphatic imine (C=N–C) groups is 1.